The Morgan fingerprint density at radius 3 is 2.89 bits per heavy atom. The largest absolute Gasteiger partial charge is 0.369 e. The summed E-state index contributed by atoms with van der Waals surface area (Å²) in [5.74, 6) is 0.734. The lowest BCUT2D eigenvalue weighted by molar-refractivity contribution is -0.0421. The first kappa shape index (κ1) is 13.2. The highest BCUT2D eigenvalue weighted by atomic mass is 16.5. The topological polar surface area (TPSA) is 41.5 Å². The monoisotopic (exact) mass is 250 g/mol. The zero-order valence-corrected chi connectivity index (χ0v) is 11.6. The van der Waals surface area contributed by atoms with Gasteiger partial charge in [-0.15, -0.1) is 0 Å². The lowest BCUT2D eigenvalue weighted by atomic mass is 10.1. The molecule has 1 saturated heterocycles. The quantitative estimate of drug-likeness (QED) is 0.809. The van der Waals surface area contributed by atoms with Gasteiger partial charge in [0.1, 0.15) is 6.10 Å². The van der Waals surface area contributed by atoms with E-state index in [0.717, 1.165) is 31.3 Å². The maximum absolute atomic E-state index is 5.83. The van der Waals surface area contributed by atoms with Crippen LogP contribution in [0.5, 0.6) is 0 Å². The lowest BCUT2D eigenvalue weighted by Gasteiger charge is -2.35. The van der Waals surface area contributed by atoms with Crippen molar-refractivity contribution in [2.75, 3.05) is 38.7 Å². The smallest absolute Gasteiger partial charge is 0.225 e. The molecule has 5 heteroatoms. The Morgan fingerprint density at radius 2 is 2.22 bits per heavy atom. The van der Waals surface area contributed by atoms with E-state index in [9.17, 15) is 0 Å². The second-order valence-corrected chi connectivity index (χ2v) is 5.12. The van der Waals surface area contributed by atoms with Crippen LogP contribution in [0.15, 0.2) is 12.3 Å². The van der Waals surface area contributed by atoms with Gasteiger partial charge in [0.05, 0.1) is 12.3 Å². The van der Waals surface area contributed by atoms with Gasteiger partial charge in [-0.2, -0.15) is 0 Å². The first-order valence-electron chi connectivity index (χ1n) is 6.44. The average Bonchev–Trinajstić information content (AvgIpc) is 2.39. The van der Waals surface area contributed by atoms with Crippen LogP contribution in [-0.4, -0.2) is 54.7 Å². The lowest BCUT2D eigenvalue weighted by Crippen LogP contribution is -2.42. The summed E-state index contributed by atoms with van der Waals surface area (Å²) < 4.78 is 5.83. The molecule has 0 spiro atoms. The molecule has 1 aromatic rings. The van der Waals surface area contributed by atoms with Crippen molar-refractivity contribution in [3.05, 3.63) is 18.0 Å². The third-order valence-corrected chi connectivity index (χ3v) is 3.22. The highest BCUT2D eigenvalue weighted by Gasteiger charge is 2.24. The molecular weight excluding hydrogens is 228 g/mol. The van der Waals surface area contributed by atoms with E-state index in [1.54, 1.807) is 6.20 Å². The number of aromatic nitrogens is 2. The molecule has 0 radical (unpaired) electrons. The SMILES string of the molecule is CC(C)N1CCOC(c2ccnc(N(C)C)n2)C1. The second-order valence-electron chi connectivity index (χ2n) is 5.12. The molecule has 0 amide bonds. The summed E-state index contributed by atoms with van der Waals surface area (Å²) in [6, 6.07) is 2.49. The first-order valence-corrected chi connectivity index (χ1v) is 6.44. The van der Waals surface area contributed by atoms with E-state index in [1.165, 1.54) is 0 Å². The van der Waals surface area contributed by atoms with Gasteiger partial charge in [-0.1, -0.05) is 0 Å². The minimum Gasteiger partial charge on any atom is -0.369 e. The van der Waals surface area contributed by atoms with E-state index in [4.69, 9.17) is 4.74 Å². The van der Waals surface area contributed by atoms with Gasteiger partial charge in [0, 0.05) is 39.4 Å². The van der Waals surface area contributed by atoms with Crippen LogP contribution < -0.4 is 4.90 Å². The average molecular weight is 250 g/mol. The molecule has 0 aliphatic carbocycles. The molecule has 1 aromatic heterocycles. The number of hydrogen-bond acceptors (Lipinski definition) is 5. The molecule has 1 unspecified atom stereocenters. The highest BCUT2D eigenvalue weighted by molar-refractivity contribution is 5.27. The zero-order valence-electron chi connectivity index (χ0n) is 11.6. The number of rotatable bonds is 3. The molecule has 1 fully saturated rings. The molecule has 1 aliphatic heterocycles. The molecule has 1 aliphatic rings. The van der Waals surface area contributed by atoms with Crippen LogP contribution in [-0.2, 0) is 4.74 Å². The molecule has 0 aromatic carbocycles. The fourth-order valence-corrected chi connectivity index (χ4v) is 2.07. The molecule has 2 rings (SSSR count). The van der Waals surface area contributed by atoms with Crippen LogP contribution in [0.4, 0.5) is 5.95 Å². The van der Waals surface area contributed by atoms with Crippen LogP contribution in [0.25, 0.3) is 0 Å². The van der Waals surface area contributed by atoms with Crippen LogP contribution in [0.1, 0.15) is 25.6 Å². The van der Waals surface area contributed by atoms with Crippen LogP contribution in [0.2, 0.25) is 0 Å². The van der Waals surface area contributed by atoms with Crippen molar-refractivity contribution in [1.29, 1.82) is 0 Å². The fourth-order valence-electron chi connectivity index (χ4n) is 2.07. The van der Waals surface area contributed by atoms with Gasteiger partial charge in [-0.25, -0.2) is 9.97 Å². The van der Waals surface area contributed by atoms with Gasteiger partial charge in [-0.05, 0) is 19.9 Å². The Hall–Kier alpha value is -1.20. The molecular formula is C13H22N4O. The standard InChI is InChI=1S/C13H22N4O/c1-10(2)17-7-8-18-12(9-17)11-5-6-14-13(15-11)16(3)4/h5-6,10,12H,7-9H2,1-4H3. The third-order valence-electron chi connectivity index (χ3n) is 3.22. The predicted molar refractivity (Wildman–Crippen MR) is 71.8 cm³/mol. The Bertz CT molecular complexity index is 394. The first-order chi connectivity index (χ1) is 8.58. The maximum Gasteiger partial charge on any atom is 0.225 e. The molecule has 18 heavy (non-hydrogen) atoms. The van der Waals surface area contributed by atoms with E-state index in [0.29, 0.717) is 6.04 Å². The van der Waals surface area contributed by atoms with Crippen LogP contribution in [0.3, 0.4) is 0 Å². The number of anilines is 1. The summed E-state index contributed by atoms with van der Waals surface area (Å²) in [6.07, 6.45) is 1.86. The second kappa shape index (κ2) is 5.63. The molecule has 0 N–H and O–H groups in total. The zero-order chi connectivity index (χ0) is 13.1. The Labute approximate surface area is 109 Å². The van der Waals surface area contributed by atoms with Crippen molar-refractivity contribution in [3.63, 3.8) is 0 Å². The highest BCUT2D eigenvalue weighted by Crippen LogP contribution is 2.22. The normalized spacial score (nSPS) is 21.3. The van der Waals surface area contributed by atoms with Gasteiger partial charge in [0.15, 0.2) is 0 Å². The van der Waals surface area contributed by atoms with E-state index < -0.39 is 0 Å². The molecule has 0 saturated carbocycles. The summed E-state index contributed by atoms with van der Waals surface area (Å²) in [4.78, 5) is 13.1. The van der Waals surface area contributed by atoms with Crippen molar-refractivity contribution in [2.24, 2.45) is 0 Å². The van der Waals surface area contributed by atoms with Gasteiger partial charge < -0.3 is 9.64 Å². The molecule has 0 bridgehead atoms. The van der Waals surface area contributed by atoms with Gasteiger partial charge in [-0.3, -0.25) is 4.90 Å². The molecule has 1 atom stereocenters. The minimum atomic E-state index is 0.0582. The fraction of sp³-hybridized carbons (Fsp3) is 0.692. The Morgan fingerprint density at radius 1 is 1.44 bits per heavy atom. The van der Waals surface area contributed by atoms with Gasteiger partial charge in [0.2, 0.25) is 5.95 Å². The van der Waals surface area contributed by atoms with Crippen molar-refractivity contribution >= 4 is 5.95 Å². The summed E-state index contributed by atoms with van der Waals surface area (Å²) in [7, 11) is 3.89. The van der Waals surface area contributed by atoms with Crippen molar-refractivity contribution in [1.82, 2.24) is 14.9 Å². The molecule has 100 valence electrons. The number of ether oxygens (including phenoxy) is 1. The van der Waals surface area contributed by atoms with Crippen LogP contribution in [0, 0.1) is 0 Å². The maximum atomic E-state index is 5.83. The predicted octanol–water partition coefficient (Wildman–Crippen LogP) is 1.32. The van der Waals surface area contributed by atoms with E-state index in [-0.39, 0.29) is 6.10 Å². The van der Waals surface area contributed by atoms with E-state index >= 15 is 0 Å². The summed E-state index contributed by atoms with van der Waals surface area (Å²) in [5.41, 5.74) is 0.971. The van der Waals surface area contributed by atoms with E-state index in [2.05, 4.69) is 28.7 Å². The summed E-state index contributed by atoms with van der Waals surface area (Å²) >= 11 is 0. The van der Waals surface area contributed by atoms with Crippen LogP contribution >= 0.6 is 0 Å². The minimum absolute atomic E-state index is 0.0582. The number of hydrogen-bond donors (Lipinski definition) is 0. The Balaban J connectivity index is 2.13. The number of nitrogens with zero attached hydrogens (tertiary/aromatic N) is 4. The third kappa shape index (κ3) is 2.97. The van der Waals surface area contributed by atoms with Gasteiger partial charge in [0.25, 0.3) is 0 Å². The Kier molecular flexibility index (Phi) is 4.14. The molecule has 2 heterocycles. The summed E-state index contributed by atoms with van der Waals surface area (Å²) in [5, 5.41) is 0. The summed E-state index contributed by atoms with van der Waals surface area (Å²) in [6.45, 7) is 7.10. The van der Waals surface area contributed by atoms with Crippen molar-refractivity contribution < 1.29 is 4.74 Å². The number of morpholine rings is 1. The van der Waals surface area contributed by atoms with Crippen molar-refractivity contribution in [3.8, 4) is 0 Å². The van der Waals surface area contributed by atoms with Crippen molar-refractivity contribution in [2.45, 2.75) is 26.0 Å². The van der Waals surface area contributed by atoms with Gasteiger partial charge >= 0.3 is 0 Å². The molecule has 5 nitrogen and oxygen atoms in total. The van der Waals surface area contributed by atoms with E-state index in [1.807, 2.05) is 25.1 Å².